The number of aryl methyl sites for hydroxylation is 1. The molecule has 1 aromatic carbocycles. The number of hydrogen-bond donors (Lipinski definition) is 1. The summed E-state index contributed by atoms with van der Waals surface area (Å²) in [4.78, 5) is 18.6. The number of nitrogens with one attached hydrogen (secondary N) is 1. The van der Waals surface area contributed by atoms with Crippen molar-refractivity contribution in [3.63, 3.8) is 0 Å². The van der Waals surface area contributed by atoms with E-state index in [1.807, 2.05) is 40.8 Å². The minimum absolute atomic E-state index is 0.164. The highest BCUT2D eigenvalue weighted by Crippen LogP contribution is 2.17. The molecular formula is C15H20N4O. The van der Waals surface area contributed by atoms with E-state index in [-0.39, 0.29) is 5.91 Å². The van der Waals surface area contributed by atoms with E-state index in [2.05, 4.69) is 10.3 Å². The molecule has 1 aromatic heterocycles. The molecule has 2 heterocycles. The highest BCUT2D eigenvalue weighted by atomic mass is 16.2. The normalized spacial score (nSPS) is 15.6. The predicted molar refractivity (Wildman–Crippen MR) is 79.6 cm³/mol. The van der Waals surface area contributed by atoms with E-state index >= 15 is 0 Å². The van der Waals surface area contributed by atoms with E-state index in [4.69, 9.17) is 0 Å². The number of amides is 1. The summed E-state index contributed by atoms with van der Waals surface area (Å²) in [5, 5.41) is 3.16. The maximum absolute atomic E-state index is 12.1. The largest absolute Gasteiger partial charge is 0.347 e. The third-order valence-electron chi connectivity index (χ3n) is 3.89. The van der Waals surface area contributed by atoms with Gasteiger partial charge in [-0.25, -0.2) is 4.98 Å². The van der Waals surface area contributed by atoms with Crippen molar-refractivity contribution in [3.8, 4) is 0 Å². The first-order valence-electron chi connectivity index (χ1n) is 7.19. The van der Waals surface area contributed by atoms with Gasteiger partial charge in [0, 0.05) is 20.1 Å². The number of piperidine rings is 1. The molecule has 0 bridgehead atoms. The average Bonchev–Trinajstić information content (AvgIpc) is 2.83. The van der Waals surface area contributed by atoms with Crippen LogP contribution in [0.25, 0.3) is 11.0 Å². The molecule has 2 aromatic rings. The van der Waals surface area contributed by atoms with Gasteiger partial charge < -0.3 is 14.8 Å². The Bertz CT molecular complexity index is 613. The number of para-hydroxylation sites is 2. The van der Waals surface area contributed by atoms with Crippen LogP contribution in [-0.2, 0) is 11.8 Å². The third-order valence-corrected chi connectivity index (χ3v) is 3.89. The van der Waals surface area contributed by atoms with Crippen LogP contribution in [0.4, 0.5) is 5.95 Å². The van der Waals surface area contributed by atoms with Crippen LogP contribution in [0.1, 0.15) is 19.3 Å². The van der Waals surface area contributed by atoms with Crippen LogP contribution in [0.2, 0.25) is 0 Å². The summed E-state index contributed by atoms with van der Waals surface area (Å²) in [7, 11) is 1.96. The van der Waals surface area contributed by atoms with Crippen LogP contribution in [0.15, 0.2) is 24.3 Å². The van der Waals surface area contributed by atoms with Gasteiger partial charge in [0.1, 0.15) is 0 Å². The summed E-state index contributed by atoms with van der Waals surface area (Å²) in [5.74, 6) is 0.910. The van der Waals surface area contributed by atoms with Gasteiger partial charge >= 0.3 is 0 Å². The number of likely N-dealkylation sites (tertiary alicyclic amines) is 1. The average molecular weight is 272 g/mol. The third kappa shape index (κ3) is 2.48. The lowest BCUT2D eigenvalue weighted by Gasteiger charge is -2.26. The molecule has 1 fully saturated rings. The lowest BCUT2D eigenvalue weighted by Crippen LogP contribution is -2.39. The minimum atomic E-state index is 0.164. The Morgan fingerprint density at radius 2 is 2.00 bits per heavy atom. The number of fused-ring (bicyclic) bond motifs is 1. The van der Waals surface area contributed by atoms with Gasteiger partial charge in [-0.2, -0.15) is 0 Å². The Balaban J connectivity index is 1.67. The Kier molecular flexibility index (Phi) is 3.58. The fraction of sp³-hybridized carbons (Fsp3) is 0.467. The molecule has 5 nitrogen and oxygen atoms in total. The van der Waals surface area contributed by atoms with Crippen molar-refractivity contribution in [1.29, 1.82) is 0 Å². The number of rotatable bonds is 3. The van der Waals surface area contributed by atoms with Crippen molar-refractivity contribution in [2.75, 3.05) is 25.0 Å². The highest BCUT2D eigenvalue weighted by molar-refractivity contribution is 5.82. The molecule has 1 saturated heterocycles. The van der Waals surface area contributed by atoms with Crippen molar-refractivity contribution in [2.24, 2.45) is 7.05 Å². The summed E-state index contributed by atoms with van der Waals surface area (Å²) >= 11 is 0. The zero-order valence-electron chi connectivity index (χ0n) is 11.8. The predicted octanol–water partition coefficient (Wildman–Crippen LogP) is 2.00. The Morgan fingerprint density at radius 1 is 1.25 bits per heavy atom. The molecule has 1 aliphatic rings. The van der Waals surface area contributed by atoms with Gasteiger partial charge in [0.25, 0.3) is 0 Å². The second-order valence-corrected chi connectivity index (χ2v) is 5.28. The SMILES string of the molecule is Cn1c(NCC(=O)N2CCCCC2)nc2ccccc21. The summed E-state index contributed by atoms with van der Waals surface area (Å²) in [5.41, 5.74) is 2.02. The number of hydrogen-bond acceptors (Lipinski definition) is 3. The van der Waals surface area contributed by atoms with Crippen LogP contribution in [-0.4, -0.2) is 40.0 Å². The van der Waals surface area contributed by atoms with Gasteiger partial charge in [-0.1, -0.05) is 12.1 Å². The highest BCUT2D eigenvalue weighted by Gasteiger charge is 2.16. The van der Waals surface area contributed by atoms with Crippen molar-refractivity contribution in [3.05, 3.63) is 24.3 Å². The maximum atomic E-state index is 12.1. The Labute approximate surface area is 118 Å². The zero-order valence-corrected chi connectivity index (χ0v) is 11.8. The van der Waals surface area contributed by atoms with Crippen molar-refractivity contribution in [2.45, 2.75) is 19.3 Å². The number of nitrogens with zero attached hydrogens (tertiary/aromatic N) is 3. The molecule has 1 amide bonds. The maximum Gasteiger partial charge on any atom is 0.241 e. The number of benzene rings is 1. The Morgan fingerprint density at radius 3 is 2.75 bits per heavy atom. The number of carbonyl (C=O) groups is 1. The molecule has 0 spiro atoms. The molecule has 20 heavy (non-hydrogen) atoms. The van der Waals surface area contributed by atoms with Crippen LogP contribution in [0.5, 0.6) is 0 Å². The van der Waals surface area contributed by atoms with Crippen molar-refractivity contribution in [1.82, 2.24) is 14.5 Å². The number of aromatic nitrogens is 2. The zero-order chi connectivity index (χ0) is 13.9. The molecule has 3 rings (SSSR count). The Hall–Kier alpha value is -2.04. The summed E-state index contributed by atoms with van der Waals surface area (Å²) in [6, 6.07) is 7.97. The summed E-state index contributed by atoms with van der Waals surface area (Å²) in [6.07, 6.45) is 3.48. The molecule has 0 aliphatic carbocycles. The smallest absolute Gasteiger partial charge is 0.241 e. The molecule has 0 saturated carbocycles. The lowest BCUT2D eigenvalue weighted by atomic mass is 10.1. The monoisotopic (exact) mass is 272 g/mol. The van der Waals surface area contributed by atoms with Gasteiger partial charge in [-0.05, 0) is 31.4 Å². The van der Waals surface area contributed by atoms with E-state index in [0.717, 1.165) is 42.9 Å². The second-order valence-electron chi connectivity index (χ2n) is 5.28. The molecule has 106 valence electrons. The van der Waals surface area contributed by atoms with Crippen LogP contribution >= 0.6 is 0 Å². The molecule has 1 N–H and O–H groups in total. The fourth-order valence-electron chi connectivity index (χ4n) is 2.71. The van der Waals surface area contributed by atoms with E-state index in [0.29, 0.717) is 6.54 Å². The van der Waals surface area contributed by atoms with Gasteiger partial charge in [0.15, 0.2) is 0 Å². The van der Waals surface area contributed by atoms with E-state index in [1.165, 1.54) is 6.42 Å². The van der Waals surface area contributed by atoms with Crippen LogP contribution in [0, 0.1) is 0 Å². The molecule has 0 radical (unpaired) electrons. The topological polar surface area (TPSA) is 50.2 Å². The van der Waals surface area contributed by atoms with Gasteiger partial charge in [-0.15, -0.1) is 0 Å². The first-order valence-corrected chi connectivity index (χ1v) is 7.19. The molecule has 0 atom stereocenters. The standard InChI is InChI=1S/C15H20N4O/c1-18-13-8-4-3-7-12(13)17-15(18)16-11-14(20)19-9-5-2-6-10-19/h3-4,7-8H,2,5-6,9-11H2,1H3,(H,16,17). The summed E-state index contributed by atoms with van der Waals surface area (Å²) in [6.45, 7) is 2.10. The first kappa shape index (κ1) is 13.0. The van der Waals surface area contributed by atoms with E-state index < -0.39 is 0 Å². The number of imidazole rings is 1. The van der Waals surface area contributed by atoms with Crippen molar-refractivity contribution >= 4 is 22.9 Å². The fourth-order valence-corrected chi connectivity index (χ4v) is 2.71. The van der Waals surface area contributed by atoms with Gasteiger partial charge in [0.05, 0.1) is 17.6 Å². The molecule has 5 heteroatoms. The first-order chi connectivity index (χ1) is 9.75. The van der Waals surface area contributed by atoms with Gasteiger partial charge in [-0.3, -0.25) is 4.79 Å². The molecule has 1 aliphatic heterocycles. The van der Waals surface area contributed by atoms with E-state index in [9.17, 15) is 4.79 Å². The van der Waals surface area contributed by atoms with E-state index in [1.54, 1.807) is 0 Å². The van der Waals surface area contributed by atoms with Gasteiger partial charge in [0.2, 0.25) is 11.9 Å². The lowest BCUT2D eigenvalue weighted by molar-refractivity contribution is -0.130. The summed E-state index contributed by atoms with van der Waals surface area (Å²) < 4.78 is 1.98. The molecular weight excluding hydrogens is 252 g/mol. The molecule has 0 unspecified atom stereocenters. The second kappa shape index (κ2) is 5.53. The van der Waals surface area contributed by atoms with Crippen molar-refractivity contribution < 1.29 is 4.79 Å². The quantitative estimate of drug-likeness (QED) is 0.929. The van der Waals surface area contributed by atoms with Crippen LogP contribution < -0.4 is 5.32 Å². The number of carbonyl (C=O) groups excluding carboxylic acids is 1. The minimum Gasteiger partial charge on any atom is -0.347 e. The number of anilines is 1. The van der Waals surface area contributed by atoms with Crippen LogP contribution in [0.3, 0.4) is 0 Å².